The molecule has 180 valence electrons. The molecule has 1 aromatic rings. The van der Waals surface area contributed by atoms with E-state index in [1.54, 1.807) is 4.90 Å². The third-order valence-corrected chi connectivity index (χ3v) is 8.29. The van der Waals surface area contributed by atoms with E-state index in [-0.39, 0.29) is 23.8 Å². The molecule has 1 saturated carbocycles. The minimum Gasteiger partial charge on any atom is -0.480 e. The largest absolute Gasteiger partial charge is 0.480 e. The van der Waals surface area contributed by atoms with Crippen molar-refractivity contribution in [1.29, 1.82) is 0 Å². The van der Waals surface area contributed by atoms with Crippen molar-refractivity contribution >= 4 is 23.8 Å². The summed E-state index contributed by atoms with van der Waals surface area (Å²) in [5, 5.41) is 30.2. The van der Waals surface area contributed by atoms with Crippen LogP contribution in [0, 0.1) is 0 Å². The van der Waals surface area contributed by atoms with E-state index < -0.39 is 35.9 Å². The highest BCUT2D eigenvalue weighted by molar-refractivity contribution is 5.97. The fourth-order valence-electron chi connectivity index (χ4n) is 6.56. The second-order valence-electron chi connectivity index (χ2n) is 10.0. The number of guanidine groups is 2. The molecule has 5 aliphatic rings. The van der Waals surface area contributed by atoms with Gasteiger partial charge >= 0.3 is 5.97 Å². The number of hydrogen-bond acceptors (Lipinski definition) is 7. The SMILES string of the molecule is CN=C1NC(C(=O)O)C2N=C(N)N[C@@]23[C@H](O)[C@@H](NC(=O)c2cccc4c2CCCC42CC2)CN13. The van der Waals surface area contributed by atoms with E-state index in [1.807, 2.05) is 12.1 Å². The molecule has 3 heterocycles. The zero-order chi connectivity index (χ0) is 23.8. The predicted octanol–water partition coefficient (Wildman–Crippen LogP) is -1.15. The minimum absolute atomic E-state index is 0.0401. The number of carboxylic acids is 1. The Hall–Kier alpha value is -3.34. The van der Waals surface area contributed by atoms with Crippen LogP contribution in [-0.2, 0) is 16.6 Å². The maximum absolute atomic E-state index is 13.5. The number of aliphatic imine (C=N–C) groups is 2. The maximum Gasteiger partial charge on any atom is 0.328 e. The van der Waals surface area contributed by atoms with Crippen molar-refractivity contribution in [2.45, 2.75) is 67.4 Å². The predicted molar refractivity (Wildman–Crippen MR) is 123 cm³/mol. The monoisotopic (exact) mass is 467 g/mol. The average molecular weight is 468 g/mol. The molecule has 2 aliphatic carbocycles. The minimum atomic E-state index is -1.32. The van der Waals surface area contributed by atoms with Crippen molar-refractivity contribution in [1.82, 2.24) is 20.9 Å². The number of rotatable bonds is 3. The Morgan fingerprint density at radius 2 is 2.12 bits per heavy atom. The molecule has 2 spiro atoms. The van der Waals surface area contributed by atoms with E-state index in [0.29, 0.717) is 11.5 Å². The number of nitrogens with zero attached hydrogens (tertiary/aromatic N) is 3. The van der Waals surface area contributed by atoms with Crippen molar-refractivity contribution < 1.29 is 19.8 Å². The van der Waals surface area contributed by atoms with E-state index in [1.165, 1.54) is 31.9 Å². The highest BCUT2D eigenvalue weighted by Crippen LogP contribution is 2.55. The van der Waals surface area contributed by atoms with Gasteiger partial charge in [0.2, 0.25) is 0 Å². The van der Waals surface area contributed by atoms with Crippen molar-refractivity contribution in [3.05, 3.63) is 34.9 Å². The molecule has 34 heavy (non-hydrogen) atoms. The lowest BCUT2D eigenvalue weighted by molar-refractivity contribution is -0.141. The molecule has 3 fully saturated rings. The zero-order valence-electron chi connectivity index (χ0n) is 18.9. The van der Waals surface area contributed by atoms with Crippen LogP contribution in [0.15, 0.2) is 28.2 Å². The molecule has 11 heteroatoms. The van der Waals surface area contributed by atoms with Crippen molar-refractivity contribution in [3.63, 3.8) is 0 Å². The van der Waals surface area contributed by atoms with E-state index in [0.717, 1.165) is 18.4 Å². The maximum atomic E-state index is 13.5. The third kappa shape index (κ3) is 2.73. The van der Waals surface area contributed by atoms with Gasteiger partial charge in [0.25, 0.3) is 5.91 Å². The van der Waals surface area contributed by atoms with Crippen LogP contribution in [0.3, 0.4) is 0 Å². The summed E-state index contributed by atoms with van der Waals surface area (Å²) < 4.78 is 0. The lowest BCUT2D eigenvalue weighted by Gasteiger charge is -2.48. The number of carbonyl (C=O) groups excluding carboxylic acids is 1. The van der Waals surface area contributed by atoms with E-state index in [2.05, 4.69) is 32.0 Å². The summed E-state index contributed by atoms with van der Waals surface area (Å²) in [6, 6.07) is 3.20. The van der Waals surface area contributed by atoms with Crippen LogP contribution in [-0.4, -0.2) is 82.4 Å². The normalized spacial score (nSPS) is 35.5. The lowest BCUT2D eigenvalue weighted by Crippen LogP contribution is -2.77. The summed E-state index contributed by atoms with van der Waals surface area (Å²) in [7, 11) is 1.54. The Morgan fingerprint density at radius 3 is 2.82 bits per heavy atom. The number of amides is 1. The van der Waals surface area contributed by atoms with Gasteiger partial charge in [0.1, 0.15) is 12.1 Å². The van der Waals surface area contributed by atoms with Crippen LogP contribution >= 0.6 is 0 Å². The molecule has 7 N–H and O–H groups in total. The Bertz CT molecular complexity index is 1150. The number of fused-ring (bicyclic) bond motifs is 2. The topological polar surface area (TPSA) is 165 Å². The quantitative estimate of drug-likeness (QED) is 0.324. The van der Waals surface area contributed by atoms with E-state index >= 15 is 0 Å². The number of hydrogen-bond donors (Lipinski definition) is 6. The Morgan fingerprint density at radius 1 is 1.32 bits per heavy atom. The number of nitrogens with one attached hydrogen (secondary N) is 3. The first-order valence-electron chi connectivity index (χ1n) is 11.8. The molecule has 5 atom stereocenters. The molecule has 11 nitrogen and oxygen atoms in total. The average Bonchev–Trinajstić information content (AvgIpc) is 3.41. The highest BCUT2D eigenvalue weighted by Gasteiger charge is 2.67. The summed E-state index contributed by atoms with van der Waals surface area (Å²) in [5.74, 6) is -1.03. The first kappa shape index (κ1) is 21.2. The van der Waals surface area contributed by atoms with Gasteiger partial charge in [-0.2, -0.15) is 0 Å². The molecular formula is C23H29N7O4. The number of nitrogens with two attached hydrogens (primary N) is 1. The van der Waals surface area contributed by atoms with Gasteiger partial charge in [0, 0.05) is 19.2 Å². The number of aliphatic carboxylic acids is 1. The van der Waals surface area contributed by atoms with Crippen molar-refractivity contribution in [2.24, 2.45) is 15.7 Å². The summed E-state index contributed by atoms with van der Waals surface area (Å²) in [5.41, 5.74) is 7.93. The van der Waals surface area contributed by atoms with Crippen LogP contribution in [0.25, 0.3) is 0 Å². The zero-order valence-corrected chi connectivity index (χ0v) is 18.9. The van der Waals surface area contributed by atoms with Crippen LogP contribution in [0.4, 0.5) is 0 Å². The van der Waals surface area contributed by atoms with Gasteiger partial charge in [0.15, 0.2) is 23.6 Å². The molecule has 6 rings (SSSR count). The van der Waals surface area contributed by atoms with Crippen molar-refractivity contribution in [3.8, 4) is 0 Å². The van der Waals surface area contributed by atoms with Crippen molar-refractivity contribution in [2.75, 3.05) is 13.6 Å². The first-order chi connectivity index (χ1) is 16.3. The molecule has 1 aromatic carbocycles. The number of aliphatic hydroxyl groups excluding tert-OH is 1. The highest BCUT2D eigenvalue weighted by atomic mass is 16.4. The third-order valence-electron chi connectivity index (χ3n) is 8.29. The molecule has 0 bridgehead atoms. The fraction of sp³-hybridized carbons (Fsp3) is 0.565. The molecule has 0 aromatic heterocycles. The van der Waals surface area contributed by atoms with Gasteiger partial charge < -0.3 is 36.8 Å². The Balaban J connectivity index is 1.32. The van der Waals surface area contributed by atoms with E-state index in [9.17, 15) is 19.8 Å². The second-order valence-corrected chi connectivity index (χ2v) is 10.0. The van der Waals surface area contributed by atoms with Gasteiger partial charge in [-0.25, -0.2) is 9.79 Å². The molecule has 2 unspecified atom stereocenters. The second kappa shape index (κ2) is 7.08. The summed E-state index contributed by atoms with van der Waals surface area (Å²) >= 11 is 0. The Labute approximate surface area is 196 Å². The van der Waals surface area contributed by atoms with Gasteiger partial charge in [-0.15, -0.1) is 0 Å². The standard InChI is InChI=1S/C23H29N7O4/c1-25-21-27-15(19(33)34)16-23(29-20(24)28-16)17(31)14(10-30(21)23)26-18(32)12-4-2-6-13-11(12)5-3-7-22(13)8-9-22/h2,4,6,14-17,31H,3,5,7-10H2,1H3,(H,25,27)(H,26,32)(H,33,34)(H3,24,28,29)/t14-,15?,16?,17+,23-/m0/s1. The molecule has 1 amide bonds. The molecular weight excluding hydrogens is 438 g/mol. The van der Waals surface area contributed by atoms with Gasteiger partial charge in [-0.3, -0.25) is 9.79 Å². The summed E-state index contributed by atoms with van der Waals surface area (Å²) in [4.78, 5) is 35.7. The van der Waals surface area contributed by atoms with Crippen LogP contribution < -0.4 is 21.7 Å². The number of benzene rings is 1. The van der Waals surface area contributed by atoms with Gasteiger partial charge in [0.05, 0.1) is 6.04 Å². The summed E-state index contributed by atoms with van der Waals surface area (Å²) in [6.07, 6.45) is 4.29. The lowest BCUT2D eigenvalue weighted by atomic mass is 9.78. The summed E-state index contributed by atoms with van der Waals surface area (Å²) in [6.45, 7) is 0.212. The number of aliphatic hydroxyl groups is 1. The fourth-order valence-corrected chi connectivity index (χ4v) is 6.56. The van der Waals surface area contributed by atoms with Crippen LogP contribution in [0.5, 0.6) is 0 Å². The van der Waals surface area contributed by atoms with E-state index in [4.69, 9.17) is 5.73 Å². The first-order valence-corrected chi connectivity index (χ1v) is 11.8. The van der Waals surface area contributed by atoms with Crippen LogP contribution in [0.2, 0.25) is 0 Å². The number of carbonyl (C=O) groups is 2. The molecule has 3 aliphatic heterocycles. The van der Waals surface area contributed by atoms with Gasteiger partial charge in [-0.1, -0.05) is 12.1 Å². The van der Waals surface area contributed by atoms with Gasteiger partial charge in [-0.05, 0) is 54.7 Å². The number of carboxylic acid groups (broad SMARTS) is 1. The Kier molecular flexibility index (Phi) is 4.42. The smallest absolute Gasteiger partial charge is 0.328 e. The molecule has 0 radical (unpaired) electrons. The molecule has 2 saturated heterocycles. The van der Waals surface area contributed by atoms with Crippen LogP contribution in [0.1, 0.15) is 47.2 Å².